The fourth-order valence-corrected chi connectivity index (χ4v) is 1.54. The molecule has 0 amide bonds. The predicted molar refractivity (Wildman–Crippen MR) is 56.9 cm³/mol. The molecule has 14 heavy (non-hydrogen) atoms. The number of hydrogen-bond acceptors (Lipinski definition) is 3. The summed E-state index contributed by atoms with van der Waals surface area (Å²) in [6.07, 6.45) is 3.05. The molecule has 1 aromatic heterocycles. The molecular weight excluding hydrogens is 176 g/mol. The molecule has 2 unspecified atom stereocenters. The van der Waals surface area contributed by atoms with Gasteiger partial charge in [-0.2, -0.15) is 0 Å². The highest BCUT2D eigenvalue weighted by Crippen LogP contribution is 2.22. The van der Waals surface area contributed by atoms with Crippen molar-refractivity contribution < 1.29 is 5.11 Å². The van der Waals surface area contributed by atoms with Crippen LogP contribution in [0.15, 0.2) is 24.4 Å². The first-order valence-corrected chi connectivity index (χ1v) is 5.07. The zero-order valence-corrected chi connectivity index (χ0v) is 8.56. The molecule has 3 heteroatoms. The van der Waals surface area contributed by atoms with Gasteiger partial charge in [-0.3, -0.25) is 4.98 Å². The number of nitrogens with zero attached hydrogens (tertiary/aromatic N) is 1. The summed E-state index contributed by atoms with van der Waals surface area (Å²) in [4.78, 5) is 4.29. The van der Waals surface area contributed by atoms with E-state index in [0.29, 0.717) is 18.9 Å². The topological polar surface area (TPSA) is 59.1 Å². The van der Waals surface area contributed by atoms with Crippen molar-refractivity contribution in [1.29, 1.82) is 0 Å². The van der Waals surface area contributed by atoms with Gasteiger partial charge >= 0.3 is 0 Å². The first-order valence-electron chi connectivity index (χ1n) is 5.07. The van der Waals surface area contributed by atoms with E-state index in [2.05, 4.69) is 11.9 Å². The van der Waals surface area contributed by atoms with E-state index in [-0.39, 0.29) is 0 Å². The van der Waals surface area contributed by atoms with Crippen molar-refractivity contribution in [3.05, 3.63) is 30.1 Å². The Morgan fingerprint density at radius 3 is 2.79 bits per heavy atom. The highest BCUT2D eigenvalue weighted by molar-refractivity contribution is 5.09. The predicted octanol–water partition coefficient (Wildman–Crippen LogP) is 1.28. The smallest absolute Gasteiger partial charge is 0.0668 e. The van der Waals surface area contributed by atoms with Crippen LogP contribution in [0.1, 0.15) is 31.4 Å². The van der Waals surface area contributed by atoms with Crippen molar-refractivity contribution in [2.24, 2.45) is 5.73 Å². The first kappa shape index (κ1) is 11.1. The van der Waals surface area contributed by atoms with E-state index in [4.69, 9.17) is 5.73 Å². The number of aromatic nitrogens is 1. The second-order valence-electron chi connectivity index (χ2n) is 3.49. The van der Waals surface area contributed by atoms with Gasteiger partial charge in [-0.05, 0) is 25.0 Å². The lowest BCUT2D eigenvalue weighted by Crippen LogP contribution is -2.22. The Labute approximate surface area is 85.0 Å². The quantitative estimate of drug-likeness (QED) is 0.742. The summed E-state index contributed by atoms with van der Waals surface area (Å²) in [5.74, 6) is 0.315. The summed E-state index contributed by atoms with van der Waals surface area (Å²) in [6.45, 7) is 2.42. The van der Waals surface area contributed by atoms with E-state index in [0.717, 1.165) is 12.1 Å². The number of aliphatic hydroxyl groups is 1. The van der Waals surface area contributed by atoms with Crippen LogP contribution in [-0.4, -0.2) is 22.7 Å². The van der Waals surface area contributed by atoms with Gasteiger partial charge in [0.15, 0.2) is 0 Å². The summed E-state index contributed by atoms with van der Waals surface area (Å²) in [5, 5.41) is 9.47. The van der Waals surface area contributed by atoms with Crippen LogP contribution in [0.5, 0.6) is 0 Å². The van der Waals surface area contributed by atoms with Gasteiger partial charge in [0.25, 0.3) is 0 Å². The maximum atomic E-state index is 9.47. The summed E-state index contributed by atoms with van der Waals surface area (Å²) in [5.41, 5.74) is 6.43. The highest BCUT2D eigenvalue weighted by atomic mass is 16.3. The van der Waals surface area contributed by atoms with Crippen molar-refractivity contribution in [1.82, 2.24) is 4.98 Å². The molecule has 0 saturated heterocycles. The van der Waals surface area contributed by atoms with Crippen LogP contribution in [0.2, 0.25) is 0 Å². The summed E-state index contributed by atoms with van der Waals surface area (Å²) >= 11 is 0. The molecule has 0 bridgehead atoms. The van der Waals surface area contributed by atoms with Crippen LogP contribution < -0.4 is 5.73 Å². The number of hydrogen-bond donors (Lipinski definition) is 2. The van der Waals surface area contributed by atoms with Gasteiger partial charge in [-0.25, -0.2) is 0 Å². The maximum absolute atomic E-state index is 9.47. The molecule has 3 nitrogen and oxygen atoms in total. The Bertz CT molecular complexity index is 251. The molecule has 0 aromatic carbocycles. The third-order valence-electron chi connectivity index (χ3n) is 2.43. The fraction of sp³-hybridized carbons (Fsp3) is 0.545. The molecule has 0 spiro atoms. The Morgan fingerprint density at radius 2 is 2.29 bits per heavy atom. The Balaban J connectivity index is 2.63. The van der Waals surface area contributed by atoms with Gasteiger partial charge in [0, 0.05) is 24.4 Å². The normalized spacial score (nSPS) is 15.1. The Kier molecular flexibility index (Phi) is 4.56. The number of rotatable bonds is 5. The molecular formula is C11H18N2O. The number of aliphatic hydroxyl groups excluding tert-OH is 1. The van der Waals surface area contributed by atoms with Crippen molar-refractivity contribution in [3.63, 3.8) is 0 Å². The first-order chi connectivity index (χ1) is 6.77. The van der Waals surface area contributed by atoms with Crippen LogP contribution in [0.3, 0.4) is 0 Å². The highest BCUT2D eigenvalue weighted by Gasteiger charge is 2.14. The number of pyridine rings is 1. The van der Waals surface area contributed by atoms with E-state index < -0.39 is 6.10 Å². The van der Waals surface area contributed by atoms with E-state index in [1.54, 1.807) is 6.20 Å². The molecule has 0 aliphatic rings. The van der Waals surface area contributed by atoms with Crippen LogP contribution in [-0.2, 0) is 0 Å². The number of nitrogens with two attached hydrogens (primary N) is 1. The third-order valence-corrected chi connectivity index (χ3v) is 2.43. The summed E-state index contributed by atoms with van der Waals surface area (Å²) < 4.78 is 0. The molecule has 0 saturated carbocycles. The molecule has 2 atom stereocenters. The van der Waals surface area contributed by atoms with Gasteiger partial charge in [0.05, 0.1) is 6.10 Å². The standard InChI is InChI=1S/C11H18N2O/c1-2-9(7-10(14)8-12)11-5-3-4-6-13-11/h3-6,9-10,14H,2,7-8,12H2,1H3. The summed E-state index contributed by atoms with van der Waals surface area (Å²) in [7, 11) is 0. The molecule has 0 fully saturated rings. The second-order valence-corrected chi connectivity index (χ2v) is 3.49. The van der Waals surface area contributed by atoms with E-state index >= 15 is 0 Å². The lowest BCUT2D eigenvalue weighted by Gasteiger charge is -2.17. The SMILES string of the molecule is CCC(CC(O)CN)c1ccccn1. The zero-order chi connectivity index (χ0) is 10.4. The molecule has 0 aliphatic carbocycles. The molecule has 78 valence electrons. The van der Waals surface area contributed by atoms with Crippen LogP contribution in [0, 0.1) is 0 Å². The van der Waals surface area contributed by atoms with E-state index in [1.165, 1.54) is 0 Å². The minimum absolute atomic E-state index is 0.315. The van der Waals surface area contributed by atoms with Crippen LogP contribution in [0.4, 0.5) is 0 Å². The van der Waals surface area contributed by atoms with Gasteiger partial charge in [0.2, 0.25) is 0 Å². The van der Waals surface area contributed by atoms with Crippen LogP contribution in [0.25, 0.3) is 0 Å². The second kappa shape index (κ2) is 5.73. The van der Waals surface area contributed by atoms with Crippen molar-refractivity contribution in [2.75, 3.05) is 6.54 Å². The summed E-state index contributed by atoms with van der Waals surface area (Å²) in [6, 6.07) is 5.87. The zero-order valence-electron chi connectivity index (χ0n) is 8.56. The van der Waals surface area contributed by atoms with Gasteiger partial charge in [-0.15, -0.1) is 0 Å². The van der Waals surface area contributed by atoms with Crippen molar-refractivity contribution >= 4 is 0 Å². The third kappa shape index (κ3) is 3.09. The fourth-order valence-electron chi connectivity index (χ4n) is 1.54. The minimum atomic E-state index is -0.415. The maximum Gasteiger partial charge on any atom is 0.0668 e. The molecule has 0 aliphatic heterocycles. The van der Waals surface area contributed by atoms with Crippen molar-refractivity contribution in [3.8, 4) is 0 Å². The molecule has 3 N–H and O–H groups in total. The van der Waals surface area contributed by atoms with Gasteiger partial charge < -0.3 is 10.8 Å². The lowest BCUT2D eigenvalue weighted by atomic mass is 9.95. The van der Waals surface area contributed by atoms with Crippen LogP contribution >= 0.6 is 0 Å². The molecule has 1 rings (SSSR count). The largest absolute Gasteiger partial charge is 0.392 e. The van der Waals surface area contributed by atoms with Gasteiger partial charge in [-0.1, -0.05) is 13.0 Å². The lowest BCUT2D eigenvalue weighted by molar-refractivity contribution is 0.161. The molecule has 1 heterocycles. The average Bonchev–Trinajstić information content (AvgIpc) is 2.26. The molecule has 0 radical (unpaired) electrons. The average molecular weight is 194 g/mol. The van der Waals surface area contributed by atoms with Gasteiger partial charge in [0.1, 0.15) is 0 Å². The Morgan fingerprint density at radius 1 is 1.50 bits per heavy atom. The minimum Gasteiger partial charge on any atom is -0.392 e. The monoisotopic (exact) mass is 194 g/mol. The van der Waals surface area contributed by atoms with E-state index in [9.17, 15) is 5.11 Å². The Hall–Kier alpha value is -0.930. The molecule has 1 aromatic rings. The van der Waals surface area contributed by atoms with E-state index in [1.807, 2.05) is 18.2 Å². The van der Waals surface area contributed by atoms with Crippen molar-refractivity contribution in [2.45, 2.75) is 31.8 Å².